The fourth-order valence-electron chi connectivity index (χ4n) is 2.86. The lowest BCUT2D eigenvalue weighted by Gasteiger charge is -2.13. The van der Waals surface area contributed by atoms with Gasteiger partial charge in [-0.15, -0.1) is 11.3 Å². The SMILES string of the molecule is Cc1ccc(-n2c(SCC(=O)N/N=C/c3ccc(Br)s3)nc3ccccc3c2=O)cc1. The van der Waals surface area contributed by atoms with Gasteiger partial charge in [-0.3, -0.25) is 14.2 Å². The van der Waals surface area contributed by atoms with E-state index in [1.165, 1.54) is 23.1 Å². The van der Waals surface area contributed by atoms with Crippen molar-refractivity contribution in [3.05, 3.63) is 85.2 Å². The summed E-state index contributed by atoms with van der Waals surface area (Å²) in [6.45, 7) is 1.99. The number of benzene rings is 2. The Morgan fingerprint density at radius 3 is 2.71 bits per heavy atom. The number of nitrogens with zero attached hydrogens (tertiary/aromatic N) is 3. The molecule has 0 aliphatic rings. The number of thiophene rings is 1. The molecule has 0 unspecified atom stereocenters. The molecule has 1 amide bonds. The monoisotopic (exact) mass is 512 g/mol. The van der Waals surface area contributed by atoms with Gasteiger partial charge in [0.2, 0.25) is 0 Å². The summed E-state index contributed by atoms with van der Waals surface area (Å²) in [5, 5.41) is 4.97. The quantitative estimate of drug-likeness (QED) is 0.175. The van der Waals surface area contributed by atoms with Crippen molar-refractivity contribution in [3.63, 3.8) is 0 Å². The molecule has 0 spiro atoms. The van der Waals surface area contributed by atoms with Crippen LogP contribution in [0.2, 0.25) is 0 Å². The summed E-state index contributed by atoms with van der Waals surface area (Å²) < 4.78 is 2.54. The van der Waals surface area contributed by atoms with E-state index in [1.54, 1.807) is 22.9 Å². The molecule has 6 nitrogen and oxygen atoms in total. The minimum absolute atomic E-state index is 0.0715. The van der Waals surface area contributed by atoms with Crippen LogP contribution in [0.3, 0.4) is 0 Å². The van der Waals surface area contributed by atoms with Gasteiger partial charge in [-0.2, -0.15) is 5.10 Å². The summed E-state index contributed by atoms with van der Waals surface area (Å²) in [5.41, 5.74) is 4.74. The zero-order valence-corrected chi connectivity index (χ0v) is 19.6. The van der Waals surface area contributed by atoms with Crippen LogP contribution in [0.15, 0.2) is 79.5 Å². The van der Waals surface area contributed by atoms with Gasteiger partial charge in [0.1, 0.15) is 0 Å². The highest BCUT2D eigenvalue weighted by atomic mass is 79.9. The van der Waals surface area contributed by atoms with Gasteiger partial charge in [0.25, 0.3) is 11.5 Å². The summed E-state index contributed by atoms with van der Waals surface area (Å²) in [7, 11) is 0. The summed E-state index contributed by atoms with van der Waals surface area (Å²) in [4.78, 5) is 31.0. The number of aromatic nitrogens is 2. The number of rotatable bonds is 6. The molecular weight excluding hydrogens is 496 g/mol. The van der Waals surface area contributed by atoms with Crippen LogP contribution in [0.25, 0.3) is 16.6 Å². The first kappa shape index (κ1) is 21.5. The Kier molecular flexibility index (Phi) is 6.64. The second kappa shape index (κ2) is 9.59. The van der Waals surface area contributed by atoms with Crippen LogP contribution in [-0.4, -0.2) is 27.4 Å². The Labute approximate surface area is 195 Å². The third kappa shape index (κ3) is 5.12. The maximum absolute atomic E-state index is 13.2. The second-order valence-electron chi connectivity index (χ2n) is 6.61. The van der Waals surface area contributed by atoms with E-state index in [1.807, 2.05) is 55.5 Å². The van der Waals surface area contributed by atoms with Gasteiger partial charge in [-0.25, -0.2) is 10.4 Å². The Balaban J connectivity index is 1.58. The molecule has 0 radical (unpaired) electrons. The lowest BCUT2D eigenvalue weighted by atomic mass is 10.2. The average Bonchev–Trinajstić information content (AvgIpc) is 3.18. The summed E-state index contributed by atoms with van der Waals surface area (Å²) in [5.74, 6) is -0.211. The Morgan fingerprint density at radius 1 is 1.19 bits per heavy atom. The highest BCUT2D eigenvalue weighted by Crippen LogP contribution is 2.22. The van der Waals surface area contributed by atoms with Gasteiger partial charge in [-0.1, -0.05) is 41.6 Å². The third-order valence-electron chi connectivity index (χ3n) is 4.34. The smallest absolute Gasteiger partial charge is 0.266 e. The molecule has 0 fully saturated rings. The van der Waals surface area contributed by atoms with E-state index in [2.05, 4.69) is 31.4 Å². The Bertz CT molecular complexity index is 1330. The van der Waals surface area contributed by atoms with Gasteiger partial charge in [0.15, 0.2) is 5.16 Å². The predicted octanol–water partition coefficient (Wildman–Crippen LogP) is 4.76. The molecule has 0 atom stereocenters. The van der Waals surface area contributed by atoms with Gasteiger partial charge >= 0.3 is 0 Å². The van der Waals surface area contributed by atoms with E-state index < -0.39 is 0 Å². The molecule has 2 heterocycles. The molecule has 9 heteroatoms. The maximum atomic E-state index is 13.2. The van der Waals surface area contributed by atoms with Gasteiger partial charge in [0, 0.05) is 4.88 Å². The van der Waals surface area contributed by atoms with Gasteiger partial charge in [0.05, 0.1) is 32.3 Å². The fraction of sp³-hybridized carbons (Fsp3) is 0.0909. The molecular formula is C22H17BrN4O2S2. The van der Waals surface area contributed by atoms with Crippen molar-refractivity contribution in [1.29, 1.82) is 0 Å². The Morgan fingerprint density at radius 2 is 1.97 bits per heavy atom. The maximum Gasteiger partial charge on any atom is 0.266 e. The first-order valence-corrected chi connectivity index (χ1v) is 11.9. The number of nitrogens with one attached hydrogen (secondary N) is 1. The van der Waals surface area contributed by atoms with Crippen LogP contribution in [0, 0.1) is 6.92 Å². The van der Waals surface area contributed by atoms with E-state index in [-0.39, 0.29) is 17.2 Å². The minimum atomic E-state index is -0.283. The van der Waals surface area contributed by atoms with Gasteiger partial charge in [-0.05, 0) is 59.3 Å². The standard InChI is InChI=1S/C22H17BrN4O2S2/c1-14-6-8-15(9-7-14)27-21(29)17-4-2-3-5-18(17)25-22(27)30-13-20(28)26-24-12-16-10-11-19(23)31-16/h2-12H,13H2,1H3,(H,26,28)/b24-12+. The van der Waals surface area contributed by atoms with Crippen molar-refractivity contribution in [1.82, 2.24) is 15.0 Å². The number of amides is 1. The number of fused-ring (bicyclic) bond motifs is 1. The molecule has 0 saturated carbocycles. The van der Waals surface area contributed by atoms with Crippen LogP contribution in [-0.2, 0) is 4.79 Å². The molecule has 2 aromatic carbocycles. The van der Waals surface area contributed by atoms with Crippen LogP contribution in [0.5, 0.6) is 0 Å². The first-order chi connectivity index (χ1) is 15.0. The number of hydrazone groups is 1. The molecule has 4 rings (SSSR count). The van der Waals surface area contributed by atoms with E-state index in [0.29, 0.717) is 21.7 Å². The Hall–Kier alpha value is -2.75. The number of hydrogen-bond donors (Lipinski definition) is 1. The molecule has 156 valence electrons. The highest BCUT2D eigenvalue weighted by molar-refractivity contribution is 9.11. The predicted molar refractivity (Wildman–Crippen MR) is 131 cm³/mol. The molecule has 0 aliphatic carbocycles. The molecule has 0 aliphatic heterocycles. The van der Waals surface area contributed by atoms with Crippen LogP contribution in [0.1, 0.15) is 10.4 Å². The first-order valence-electron chi connectivity index (χ1n) is 9.30. The topological polar surface area (TPSA) is 76.3 Å². The van der Waals surface area contributed by atoms with E-state index in [4.69, 9.17) is 0 Å². The van der Waals surface area contributed by atoms with E-state index >= 15 is 0 Å². The van der Waals surface area contributed by atoms with Crippen molar-refractivity contribution in [2.24, 2.45) is 5.10 Å². The third-order valence-corrected chi connectivity index (χ3v) is 6.84. The summed E-state index contributed by atoms with van der Waals surface area (Å²) in [6, 6.07) is 18.7. The number of para-hydroxylation sites is 1. The largest absolute Gasteiger partial charge is 0.272 e. The number of thioether (sulfide) groups is 1. The zero-order valence-electron chi connectivity index (χ0n) is 16.4. The van der Waals surface area contributed by atoms with Crippen molar-refractivity contribution >= 4 is 62.1 Å². The lowest BCUT2D eigenvalue weighted by Crippen LogP contribution is -2.24. The minimum Gasteiger partial charge on any atom is -0.272 e. The van der Waals surface area contributed by atoms with Gasteiger partial charge < -0.3 is 0 Å². The molecule has 0 saturated heterocycles. The van der Waals surface area contributed by atoms with Crippen LogP contribution >= 0.6 is 39.0 Å². The number of carbonyl (C=O) groups is 1. The molecule has 1 N–H and O–H groups in total. The van der Waals surface area contributed by atoms with Crippen molar-refractivity contribution < 1.29 is 4.79 Å². The molecule has 4 aromatic rings. The van der Waals surface area contributed by atoms with E-state index in [9.17, 15) is 9.59 Å². The zero-order chi connectivity index (χ0) is 21.8. The fourth-order valence-corrected chi connectivity index (χ4v) is 4.96. The summed E-state index contributed by atoms with van der Waals surface area (Å²) >= 11 is 6.10. The average molecular weight is 513 g/mol. The van der Waals surface area contributed by atoms with Crippen LogP contribution < -0.4 is 11.0 Å². The molecule has 2 aromatic heterocycles. The van der Waals surface area contributed by atoms with Crippen molar-refractivity contribution in [2.45, 2.75) is 12.1 Å². The van der Waals surface area contributed by atoms with E-state index in [0.717, 1.165) is 14.2 Å². The summed E-state index contributed by atoms with van der Waals surface area (Å²) in [6.07, 6.45) is 1.59. The number of hydrogen-bond acceptors (Lipinski definition) is 6. The molecule has 0 bridgehead atoms. The number of aryl methyl sites for hydroxylation is 1. The highest BCUT2D eigenvalue weighted by Gasteiger charge is 2.14. The normalized spacial score (nSPS) is 11.3. The number of halogens is 1. The lowest BCUT2D eigenvalue weighted by molar-refractivity contribution is -0.118. The van der Waals surface area contributed by atoms with Crippen LogP contribution in [0.4, 0.5) is 0 Å². The van der Waals surface area contributed by atoms with Crippen molar-refractivity contribution in [2.75, 3.05) is 5.75 Å². The molecule has 31 heavy (non-hydrogen) atoms. The number of carbonyl (C=O) groups excluding carboxylic acids is 1. The second-order valence-corrected chi connectivity index (χ2v) is 10.0. The van der Waals surface area contributed by atoms with Crippen molar-refractivity contribution in [3.8, 4) is 5.69 Å².